The van der Waals surface area contributed by atoms with E-state index in [1.165, 1.54) is 12.1 Å². The molecule has 0 spiro atoms. The topological polar surface area (TPSA) is 71.8 Å². The molecule has 1 aliphatic carbocycles. The van der Waals surface area contributed by atoms with Gasteiger partial charge in [0.2, 0.25) is 0 Å². The van der Waals surface area contributed by atoms with Crippen LogP contribution in [0.15, 0.2) is 18.2 Å². The lowest BCUT2D eigenvalue weighted by Crippen LogP contribution is -2.41. The number of carbonyl (C=O) groups is 1. The van der Waals surface area contributed by atoms with Crippen molar-refractivity contribution < 1.29 is 9.18 Å². The number of aryl methyl sites for hydroxylation is 3. The quantitative estimate of drug-likeness (QED) is 0.900. The lowest BCUT2D eigenvalue weighted by molar-refractivity contribution is 0.229. The second-order valence-electron chi connectivity index (χ2n) is 6.71. The highest BCUT2D eigenvalue weighted by Crippen LogP contribution is 2.31. The molecule has 0 unspecified atom stereocenters. The third kappa shape index (κ3) is 3.10. The second kappa shape index (κ2) is 6.46. The minimum absolute atomic E-state index is 0.130. The van der Waals surface area contributed by atoms with Crippen LogP contribution in [0.2, 0.25) is 0 Å². The number of halogens is 1. The Morgan fingerprint density at radius 1 is 1.32 bits per heavy atom. The first-order chi connectivity index (χ1) is 12.1. The molecule has 25 heavy (non-hydrogen) atoms. The van der Waals surface area contributed by atoms with Gasteiger partial charge in [0.05, 0.1) is 12.1 Å². The summed E-state index contributed by atoms with van der Waals surface area (Å²) in [5.74, 6) is 1.38. The summed E-state index contributed by atoms with van der Waals surface area (Å²) in [6.45, 7) is 2.87. The zero-order valence-electron chi connectivity index (χ0n) is 14.3. The van der Waals surface area contributed by atoms with Crippen molar-refractivity contribution in [2.45, 2.75) is 57.7 Å². The van der Waals surface area contributed by atoms with Crippen molar-refractivity contribution in [2.75, 3.05) is 0 Å². The van der Waals surface area contributed by atoms with Crippen LogP contribution in [0.5, 0.6) is 0 Å². The Hall–Kier alpha value is -2.44. The first-order valence-corrected chi connectivity index (χ1v) is 8.93. The molecule has 2 aliphatic rings. The molecule has 0 saturated heterocycles. The van der Waals surface area contributed by atoms with Gasteiger partial charge in [-0.2, -0.15) is 5.10 Å². The molecular formula is C18H22FN5O. The Morgan fingerprint density at radius 3 is 3.00 bits per heavy atom. The number of benzene rings is 1. The fraction of sp³-hybridized carbons (Fsp3) is 0.500. The van der Waals surface area contributed by atoms with Gasteiger partial charge >= 0.3 is 6.03 Å². The molecule has 7 heteroatoms. The standard InChI is InChI=1S/C18H22FN5O/c1-2-16-22-17-15(4-3-9-24(17)23-16)21-18(25)20-14-8-6-11-5-7-12(19)10-13(11)14/h5,7,10,14-15H,2-4,6,8-9H2,1H3,(H2,20,21,25)/t14-,15-/m1/s1. The van der Waals surface area contributed by atoms with Crippen molar-refractivity contribution in [3.63, 3.8) is 0 Å². The Morgan fingerprint density at radius 2 is 2.16 bits per heavy atom. The molecule has 2 aromatic rings. The molecule has 2 N–H and O–H groups in total. The highest BCUT2D eigenvalue weighted by Gasteiger charge is 2.28. The number of rotatable bonds is 3. The average molecular weight is 343 g/mol. The Labute approximate surface area is 145 Å². The fourth-order valence-electron chi connectivity index (χ4n) is 3.77. The Kier molecular flexibility index (Phi) is 4.15. The number of amides is 2. The number of urea groups is 1. The van der Waals surface area contributed by atoms with Crippen LogP contribution in [0.25, 0.3) is 0 Å². The number of aromatic nitrogens is 3. The van der Waals surface area contributed by atoms with E-state index in [1.54, 1.807) is 6.07 Å². The van der Waals surface area contributed by atoms with Crippen molar-refractivity contribution in [1.82, 2.24) is 25.4 Å². The van der Waals surface area contributed by atoms with Crippen LogP contribution in [0.4, 0.5) is 9.18 Å². The molecule has 0 fully saturated rings. The highest BCUT2D eigenvalue weighted by molar-refractivity contribution is 5.75. The van der Waals surface area contributed by atoms with Gasteiger partial charge in [0.15, 0.2) is 5.82 Å². The van der Waals surface area contributed by atoms with Gasteiger partial charge in [-0.3, -0.25) is 0 Å². The maximum atomic E-state index is 13.5. The van der Waals surface area contributed by atoms with Gasteiger partial charge in [-0.25, -0.2) is 18.9 Å². The first kappa shape index (κ1) is 16.1. The lowest BCUT2D eigenvalue weighted by atomic mass is 10.1. The van der Waals surface area contributed by atoms with Crippen LogP contribution < -0.4 is 10.6 Å². The number of nitrogens with one attached hydrogen (secondary N) is 2. The van der Waals surface area contributed by atoms with Crippen LogP contribution >= 0.6 is 0 Å². The molecule has 1 aliphatic heterocycles. The van der Waals surface area contributed by atoms with E-state index in [2.05, 4.69) is 20.7 Å². The average Bonchev–Trinajstić information content (AvgIpc) is 3.19. The van der Waals surface area contributed by atoms with Crippen LogP contribution in [0.1, 0.15) is 61.0 Å². The molecule has 132 valence electrons. The number of nitrogens with zero attached hydrogens (tertiary/aromatic N) is 3. The minimum Gasteiger partial charge on any atom is -0.331 e. The zero-order chi connectivity index (χ0) is 17.4. The molecule has 1 aromatic carbocycles. The predicted molar refractivity (Wildman–Crippen MR) is 90.5 cm³/mol. The molecule has 2 atom stereocenters. The monoisotopic (exact) mass is 343 g/mol. The van der Waals surface area contributed by atoms with Gasteiger partial charge in [0.1, 0.15) is 11.6 Å². The molecule has 0 saturated carbocycles. The Balaban J connectivity index is 1.44. The van der Waals surface area contributed by atoms with Gasteiger partial charge in [-0.1, -0.05) is 13.0 Å². The van der Waals surface area contributed by atoms with Gasteiger partial charge in [0, 0.05) is 13.0 Å². The molecule has 2 amide bonds. The molecule has 6 nitrogen and oxygen atoms in total. The van der Waals surface area contributed by atoms with E-state index < -0.39 is 0 Å². The molecule has 4 rings (SSSR count). The van der Waals surface area contributed by atoms with Crippen LogP contribution in [-0.2, 0) is 19.4 Å². The molecule has 2 heterocycles. The summed E-state index contributed by atoms with van der Waals surface area (Å²) in [6.07, 6.45) is 4.25. The van der Waals surface area contributed by atoms with Crippen LogP contribution in [0.3, 0.4) is 0 Å². The number of hydrogen-bond donors (Lipinski definition) is 2. The fourth-order valence-corrected chi connectivity index (χ4v) is 3.77. The van der Waals surface area contributed by atoms with E-state index in [0.29, 0.717) is 0 Å². The maximum Gasteiger partial charge on any atom is 0.315 e. The summed E-state index contributed by atoms with van der Waals surface area (Å²) in [7, 11) is 0. The van der Waals surface area contributed by atoms with Gasteiger partial charge in [-0.05, 0) is 48.9 Å². The van der Waals surface area contributed by atoms with Gasteiger partial charge < -0.3 is 10.6 Å². The van der Waals surface area contributed by atoms with E-state index >= 15 is 0 Å². The summed E-state index contributed by atoms with van der Waals surface area (Å²) in [6, 6.07) is 4.30. The molecule has 0 radical (unpaired) electrons. The smallest absolute Gasteiger partial charge is 0.315 e. The first-order valence-electron chi connectivity index (χ1n) is 8.93. The molecule has 0 bridgehead atoms. The van der Waals surface area contributed by atoms with Gasteiger partial charge in [0.25, 0.3) is 0 Å². The second-order valence-corrected chi connectivity index (χ2v) is 6.71. The van der Waals surface area contributed by atoms with E-state index in [0.717, 1.165) is 61.4 Å². The number of fused-ring (bicyclic) bond motifs is 2. The van der Waals surface area contributed by atoms with Crippen molar-refractivity contribution in [3.8, 4) is 0 Å². The molecular weight excluding hydrogens is 321 g/mol. The van der Waals surface area contributed by atoms with Crippen LogP contribution in [0, 0.1) is 5.82 Å². The van der Waals surface area contributed by atoms with E-state index in [9.17, 15) is 9.18 Å². The summed E-state index contributed by atoms with van der Waals surface area (Å²) in [4.78, 5) is 17.0. The maximum absolute atomic E-state index is 13.5. The number of hydrogen-bond acceptors (Lipinski definition) is 3. The van der Waals surface area contributed by atoms with Crippen molar-refractivity contribution in [3.05, 3.63) is 46.8 Å². The van der Waals surface area contributed by atoms with E-state index in [4.69, 9.17) is 0 Å². The summed E-state index contributed by atoms with van der Waals surface area (Å²) in [5, 5.41) is 10.5. The lowest BCUT2D eigenvalue weighted by Gasteiger charge is -2.24. The number of carbonyl (C=O) groups excluding carboxylic acids is 1. The largest absolute Gasteiger partial charge is 0.331 e. The summed E-state index contributed by atoms with van der Waals surface area (Å²) < 4.78 is 15.4. The Bertz CT molecular complexity index is 803. The zero-order valence-corrected chi connectivity index (χ0v) is 14.3. The third-order valence-corrected chi connectivity index (χ3v) is 5.03. The summed E-state index contributed by atoms with van der Waals surface area (Å²) >= 11 is 0. The van der Waals surface area contributed by atoms with E-state index in [-0.39, 0.29) is 23.9 Å². The summed E-state index contributed by atoms with van der Waals surface area (Å²) in [5.41, 5.74) is 1.99. The predicted octanol–water partition coefficient (Wildman–Crippen LogP) is 2.80. The normalized spacial score (nSPS) is 21.5. The molecule has 1 aromatic heterocycles. The minimum atomic E-state index is -0.264. The van der Waals surface area contributed by atoms with Crippen molar-refractivity contribution in [2.24, 2.45) is 0 Å². The SMILES string of the molecule is CCc1nc2n(n1)CCC[C@H]2NC(=O)N[C@@H]1CCc2ccc(F)cc21. The van der Waals surface area contributed by atoms with Crippen molar-refractivity contribution in [1.29, 1.82) is 0 Å². The highest BCUT2D eigenvalue weighted by atomic mass is 19.1. The third-order valence-electron chi connectivity index (χ3n) is 5.03. The van der Waals surface area contributed by atoms with Crippen molar-refractivity contribution >= 4 is 6.03 Å². The van der Waals surface area contributed by atoms with Crippen LogP contribution in [-0.4, -0.2) is 20.8 Å². The van der Waals surface area contributed by atoms with Gasteiger partial charge in [-0.15, -0.1) is 0 Å². The van der Waals surface area contributed by atoms with E-state index in [1.807, 2.05) is 11.6 Å².